The second-order valence-corrected chi connectivity index (χ2v) is 9.04. The van der Waals surface area contributed by atoms with Gasteiger partial charge in [-0.3, -0.25) is 19.3 Å². The molecule has 0 spiro atoms. The summed E-state index contributed by atoms with van der Waals surface area (Å²) in [5.74, 6) is -2.39. The number of ether oxygens (including phenoxy) is 1. The predicted molar refractivity (Wildman–Crippen MR) is 137 cm³/mol. The summed E-state index contributed by atoms with van der Waals surface area (Å²) in [6, 6.07) is 15.5. The van der Waals surface area contributed by atoms with Crippen molar-refractivity contribution in [2.24, 2.45) is 0 Å². The Morgan fingerprint density at radius 2 is 1.68 bits per heavy atom. The molecule has 0 aliphatic carbocycles. The van der Waals surface area contributed by atoms with Crippen LogP contribution in [0.2, 0.25) is 0 Å². The maximum atomic E-state index is 13.5. The molecule has 0 aromatic heterocycles. The van der Waals surface area contributed by atoms with Crippen LogP contribution in [0.4, 0.5) is 4.79 Å². The molecule has 1 aliphatic heterocycles. The van der Waals surface area contributed by atoms with Gasteiger partial charge in [-0.05, 0) is 18.1 Å². The molecule has 1 aliphatic rings. The molecular formula is C27H32N4O7. The minimum Gasteiger partial charge on any atom is -0.481 e. The van der Waals surface area contributed by atoms with Crippen LogP contribution >= 0.6 is 0 Å². The smallest absolute Gasteiger partial charge is 0.408 e. The Kier molecular flexibility index (Phi) is 10.4. The molecule has 11 nitrogen and oxygen atoms in total. The number of hydrogen-bond donors (Lipinski definition) is 3. The molecule has 202 valence electrons. The molecule has 0 bridgehead atoms. The summed E-state index contributed by atoms with van der Waals surface area (Å²) in [5, 5.41) is 14.0. The monoisotopic (exact) mass is 524 g/mol. The van der Waals surface area contributed by atoms with Crippen molar-refractivity contribution < 1.29 is 33.8 Å². The van der Waals surface area contributed by atoms with E-state index in [9.17, 15) is 24.0 Å². The lowest BCUT2D eigenvalue weighted by Gasteiger charge is -2.29. The van der Waals surface area contributed by atoms with Crippen LogP contribution in [0, 0.1) is 0 Å². The first-order valence-electron chi connectivity index (χ1n) is 12.3. The third-order valence-electron chi connectivity index (χ3n) is 6.17. The lowest BCUT2D eigenvalue weighted by atomic mass is 10.1. The molecule has 2 unspecified atom stereocenters. The summed E-state index contributed by atoms with van der Waals surface area (Å²) in [4.78, 5) is 64.5. The van der Waals surface area contributed by atoms with E-state index in [0.29, 0.717) is 19.4 Å². The number of carbonyl (C=O) groups excluding carboxylic acids is 4. The van der Waals surface area contributed by atoms with Crippen LogP contribution in [0.25, 0.3) is 0 Å². The highest BCUT2D eigenvalue weighted by Gasteiger charge is 2.36. The zero-order valence-electron chi connectivity index (χ0n) is 21.1. The summed E-state index contributed by atoms with van der Waals surface area (Å²) in [6.07, 6.45) is -0.996. The van der Waals surface area contributed by atoms with E-state index in [0.717, 1.165) is 11.1 Å². The molecule has 3 N–H and O–H groups in total. The Labute approximate surface area is 220 Å². The Balaban J connectivity index is 1.73. The maximum Gasteiger partial charge on any atom is 0.408 e. The fourth-order valence-electron chi connectivity index (χ4n) is 4.14. The number of aliphatic carboxylic acids is 1. The van der Waals surface area contributed by atoms with Crippen molar-refractivity contribution in [2.75, 3.05) is 19.6 Å². The number of rotatable bonds is 11. The molecule has 3 rings (SSSR count). The number of carboxylic acid groups (broad SMARTS) is 1. The van der Waals surface area contributed by atoms with Crippen molar-refractivity contribution in [2.45, 2.75) is 44.6 Å². The Bertz CT molecular complexity index is 1110. The van der Waals surface area contributed by atoms with Gasteiger partial charge in [0.25, 0.3) is 0 Å². The van der Waals surface area contributed by atoms with Crippen molar-refractivity contribution in [1.29, 1.82) is 0 Å². The summed E-state index contributed by atoms with van der Waals surface area (Å²) in [5.41, 5.74) is 1.81. The first kappa shape index (κ1) is 28.3. The molecule has 0 radical (unpaired) electrons. The number of aldehydes is 1. The van der Waals surface area contributed by atoms with Gasteiger partial charge >= 0.3 is 12.1 Å². The molecule has 2 aromatic rings. The van der Waals surface area contributed by atoms with E-state index in [2.05, 4.69) is 10.6 Å². The van der Waals surface area contributed by atoms with E-state index in [1.165, 1.54) is 11.8 Å². The fraction of sp³-hybridized carbons (Fsp3) is 0.370. The second-order valence-electron chi connectivity index (χ2n) is 9.04. The molecule has 1 saturated heterocycles. The molecule has 11 heteroatoms. The molecule has 3 atom stereocenters. The number of benzene rings is 2. The largest absolute Gasteiger partial charge is 0.481 e. The minimum absolute atomic E-state index is 0.0283. The molecule has 1 heterocycles. The molecule has 3 amide bonds. The van der Waals surface area contributed by atoms with Crippen LogP contribution < -0.4 is 10.6 Å². The Hall–Kier alpha value is -4.25. The van der Waals surface area contributed by atoms with Gasteiger partial charge in [0.05, 0.1) is 12.5 Å². The van der Waals surface area contributed by atoms with E-state index < -0.39 is 48.4 Å². The van der Waals surface area contributed by atoms with E-state index in [4.69, 9.17) is 9.84 Å². The zero-order valence-corrected chi connectivity index (χ0v) is 21.1. The van der Waals surface area contributed by atoms with Crippen molar-refractivity contribution in [1.82, 2.24) is 20.4 Å². The Morgan fingerprint density at radius 3 is 2.29 bits per heavy atom. The highest BCUT2D eigenvalue weighted by molar-refractivity contribution is 5.92. The quantitative estimate of drug-likeness (QED) is 0.372. The number of amides is 3. The molecule has 1 fully saturated rings. The number of nitrogens with zero attached hydrogens (tertiary/aromatic N) is 2. The second kappa shape index (κ2) is 13.9. The fourth-order valence-corrected chi connectivity index (χ4v) is 4.14. The summed E-state index contributed by atoms with van der Waals surface area (Å²) >= 11 is 0. The number of carboxylic acids is 1. The third-order valence-corrected chi connectivity index (χ3v) is 6.17. The van der Waals surface area contributed by atoms with Gasteiger partial charge in [-0.25, -0.2) is 4.79 Å². The predicted octanol–water partition coefficient (Wildman–Crippen LogP) is 1.17. The summed E-state index contributed by atoms with van der Waals surface area (Å²) in [6.45, 7) is 2.83. The molecular weight excluding hydrogens is 492 g/mol. The van der Waals surface area contributed by atoms with Gasteiger partial charge in [0.15, 0.2) is 0 Å². The van der Waals surface area contributed by atoms with Crippen LogP contribution in [0.3, 0.4) is 0 Å². The number of nitrogens with one attached hydrogen (secondary N) is 2. The average Bonchev–Trinajstić information content (AvgIpc) is 3.05. The molecule has 0 saturated carbocycles. The van der Waals surface area contributed by atoms with E-state index in [1.54, 1.807) is 0 Å². The topological polar surface area (TPSA) is 145 Å². The summed E-state index contributed by atoms with van der Waals surface area (Å²) in [7, 11) is 0. The zero-order chi connectivity index (χ0) is 27.5. The lowest BCUT2D eigenvalue weighted by molar-refractivity contribution is -0.142. The van der Waals surface area contributed by atoms with Crippen LogP contribution in [0.5, 0.6) is 0 Å². The van der Waals surface area contributed by atoms with Crippen LogP contribution in [0.15, 0.2) is 60.7 Å². The highest BCUT2D eigenvalue weighted by atomic mass is 16.5. The van der Waals surface area contributed by atoms with Gasteiger partial charge in [0.1, 0.15) is 25.0 Å². The Morgan fingerprint density at radius 1 is 1.05 bits per heavy atom. The van der Waals surface area contributed by atoms with Crippen molar-refractivity contribution in [3.05, 3.63) is 71.8 Å². The first-order valence-corrected chi connectivity index (χ1v) is 12.3. The normalized spacial score (nSPS) is 17.6. The van der Waals surface area contributed by atoms with Crippen LogP contribution in [0.1, 0.15) is 24.5 Å². The van der Waals surface area contributed by atoms with Gasteiger partial charge in [-0.1, -0.05) is 60.7 Å². The number of alkyl carbamates (subject to hydrolysis) is 1. The van der Waals surface area contributed by atoms with E-state index >= 15 is 0 Å². The minimum atomic E-state index is -1.24. The SMILES string of the molecule is CC(C(=O)N[C@H](C=O)CC(=O)O)N1CCN(Cc2ccccc2)CC(NC(=O)OCc2ccccc2)C1=O. The first-order chi connectivity index (χ1) is 18.3. The summed E-state index contributed by atoms with van der Waals surface area (Å²) < 4.78 is 5.31. The van der Waals surface area contributed by atoms with E-state index in [1.807, 2.05) is 65.6 Å². The maximum absolute atomic E-state index is 13.5. The van der Waals surface area contributed by atoms with Crippen molar-refractivity contribution in [3.8, 4) is 0 Å². The lowest BCUT2D eigenvalue weighted by Crippen LogP contribution is -2.56. The number of carbonyl (C=O) groups is 5. The van der Waals surface area contributed by atoms with Crippen LogP contribution in [-0.4, -0.2) is 82.8 Å². The van der Waals surface area contributed by atoms with Gasteiger partial charge < -0.3 is 30.2 Å². The molecule has 38 heavy (non-hydrogen) atoms. The van der Waals surface area contributed by atoms with Gasteiger partial charge in [-0.2, -0.15) is 0 Å². The van der Waals surface area contributed by atoms with Gasteiger partial charge in [-0.15, -0.1) is 0 Å². The highest BCUT2D eigenvalue weighted by Crippen LogP contribution is 2.14. The standard InChI is InChI=1S/C27H32N4O7/c1-19(25(35)28-22(17-32)14-24(33)34)31-13-12-30(15-20-8-4-2-5-9-20)16-23(26(31)36)29-27(37)38-18-21-10-6-3-7-11-21/h2-11,17,19,22-23H,12-16,18H2,1H3,(H,28,35)(H,29,37)(H,33,34)/t19?,22-,23?/m0/s1. The third kappa shape index (κ3) is 8.41. The van der Waals surface area contributed by atoms with Gasteiger partial charge in [0.2, 0.25) is 11.8 Å². The van der Waals surface area contributed by atoms with E-state index in [-0.39, 0.29) is 19.7 Å². The molecule has 2 aromatic carbocycles. The van der Waals surface area contributed by atoms with Crippen molar-refractivity contribution in [3.63, 3.8) is 0 Å². The van der Waals surface area contributed by atoms with Crippen molar-refractivity contribution >= 4 is 30.2 Å². The average molecular weight is 525 g/mol. The van der Waals surface area contributed by atoms with Gasteiger partial charge in [0, 0.05) is 26.2 Å². The van der Waals surface area contributed by atoms with Crippen LogP contribution in [-0.2, 0) is 37.1 Å². The number of hydrogen-bond acceptors (Lipinski definition) is 7.